The second kappa shape index (κ2) is 6.60. The molecule has 0 bridgehead atoms. The Balaban J connectivity index is 2.12. The molecule has 112 valence electrons. The first-order valence-electron chi connectivity index (χ1n) is 6.71. The third kappa shape index (κ3) is 4.30. The number of sulfonamides is 1. The van der Waals surface area contributed by atoms with Gasteiger partial charge in [-0.05, 0) is 49.6 Å². The Morgan fingerprint density at radius 1 is 1.14 bits per heavy atom. The molecule has 0 amide bonds. The van der Waals surface area contributed by atoms with E-state index >= 15 is 0 Å². The Bertz CT molecular complexity index is 729. The number of rotatable bonds is 5. The van der Waals surface area contributed by atoms with Gasteiger partial charge in [-0.25, -0.2) is 13.1 Å². The number of benzene rings is 2. The van der Waals surface area contributed by atoms with Gasteiger partial charge in [0.25, 0.3) is 0 Å². The van der Waals surface area contributed by atoms with Gasteiger partial charge in [0, 0.05) is 11.1 Å². The van der Waals surface area contributed by atoms with Crippen LogP contribution in [0.25, 0.3) is 0 Å². The highest BCUT2D eigenvalue weighted by Crippen LogP contribution is 2.16. The number of hydrogen-bond acceptors (Lipinski definition) is 2. The number of nitrogens with one attached hydrogen (secondary N) is 1. The predicted octanol–water partition coefficient (Wildman–Crippen LogP) is 3.56. The quantitative estimate of drug-likeness (QED) is 0.914. The molecular weight excluding hydrogens is 306 g/mol. The van der Waals surface area contributed by atoms with Gasteiger partial charge in [0.1, 0.15) is 0 Å². The Morgan fingerprint density at radius 3 is 2.52 bits per heavy atom. The van der Waals surface area contributed by atoms with Crippen molar-refractivity contribution >= 4 is 21.6 Å². The van der Waals surface area contributed by atoms with Gasteiger partial charge in [0.05, 0.1) is 4.90 Å². The summed E-state index contributed by atoms with van der Waals surface area (Å²) < 4.78 is 27.5. The zero-order valence-electron chi connectivity index (χ0n) is 12.0. The second-order valence-electron chi connectivity index (χ2n) is 5.12. The largest absolute Gasteiger partial charge is 0.241 e. The Morgan fingerprint density at radius 2 is 1.86 bits per heavy atom. The minimum atomic E-state index is -3.50. The van der Waals surface area contributed by atoms with E-state index in [1.54, 1.807) is 31.2 Å². The molecule has 3 nitrogen and oxygen atoms in total. The summed E-state index contributed by atoms with van der Waals surface area (Å²) in [5, 5.41) is 0.654. The molecule has 0 saturated carbocycles. The standard InChI is InChI=1S/C16H18ClNO2S/c1-12-6-3-4-9-16(12)21(19,20)18-13(2)10-14-7-5-8-15(17)11-14/h3-9,11,13,18H,10H2,1-2H3. The van der Waals surface area contributed by atoms with E-state index in [4.69, 9.17) is 11.6 Å². The molecule has 0 aliphatic rings. The number of halogens is 1. The topological polar surface area (TPSA) is 46.2 Å². The molecule has 0 spiro atoms. The summed E-state index contributed by atoms with van der Waals surface area (Å²) in [6, 6.07) is 14.2. The monoisotopic (exact) mass is 323 g/mol. The fourth-order valence-electron chi connectivity index (χ4n) is 2.25. The van der Waals surface area contributed by atoms with E-state index in [1.165, 1.54) is 0 Å². The fourth-order valence-corrected chi connectivity index (χ4v) is 3.95. The van der Waals surface area contributed by atoms with Crippen LogP contribution in [-0.4, -0.2) is 14.5 Å². The third-order valence-corrected chi connectivity index (χ3v) is 5.16. The molecule has 0 aliphatic carbocycles. The molecule has 0 aromatic heterocycles. The molecule has 5 heteroatoms. The van der Waals surface area contributed by atoms with Gasteiger partial charge in [0.2, 0.25) is 10.0 Å². The Kier molecular flexibility index (Phi) is 5.04. The molecule has 1 unspecified atom stereocenters. The molecule has 0 heterocycles. The van der Waals surface area contributed by atoms with Crippen LogP contribution >= 0.6 is 11.6 Å². The first-order chi connectivity index (χ1) is 9.88. The lowest BCUT2D eigenvalue weighted by Crippen LogP contribution is -2.34. The Labute approximate surface area is 131 Å². The van der Waals surface area contributed by atoms with Crippen LogP contribution in [0.4, 0.5) is 0 Å². The molecular formula is C16H18ClNO2S. The van der Waals surface area contributed by atoms with Crippen LogP contribution in [-0.2, 0) is 16.4 Å². The van der Waals surface area contributed by atoms with Crippen LogP contribution in [0, 0.1) is 6.92 Å². The summed E-state index contributed by atoms with van der Waals surface area (Å²) in [4.78, 5) is 0.322. The summed E-state index contributed by atoms with van der Waals surface area (Å²) in [7, 11) is -3.50. The van der Waals surface area contributed by atoms with E-state index in [0.29, 0.717) is 16.3 Å². The van der Waals surface area contributed by atoms with Crippen molar-refractivity contribution in [3.8, 4) is 0 Å². The molecule has 2 rings (SSSR count). The second-order valence-corrected chi connectivity index (χ2v) is 7.24. The van der Waals surface area contributed by atoms with Crippen molar-refractivity contribution in [1.82, 2.24) is 4.72 Å². The van der Waals surface area contributed by atoms with E-state index in [2.05, 4.69) is 4.72 Å². The van der Waals surface area contributed by atoms with Crippen LogP contribution in [0.1, 0.15) is 18.1 Å². The number of aryl methyl sites for hydroxylation is 1. The van der Waals surface area contributed by atoms with Crippen LogP contribution < -0.4 is 4.72 Å². The first kappa shape index (κ1) is 16.0. The highest BCUT2D eigenvalue weighted by Gasteiger charge is 2.19. The van der Waals surface area contributed by atoms with Gasteiger partial charge in [-0.2, -0.15) is 0 Å². The highest BCUT2D eigenvalue weighted by molar-refractivity contribution is 7.89. The molecule has 0 radical (unpaired) electrons. The molecule has 1 N–H and O–H groups in total. The summed E-state index contributed by atoms with van der Waals surface area (Å²) in [6.45, 7) is 3.63. The van der Waals surface area contributed by atoms with Gasteiger partial charge >= 0.3 is 0 Å². The van der Waals surface area contributed by atoms with E-state index in [9.17, 15) is 8.42 Å². The van der Waals surface area contributed by atoms with Gasteiger partial charge < -0.3 is 0 Å². The van der Waals surface area contributed by atoms with Gasteiger partial charge in [-0.3, -0.25) is 0 Å². The van der Waals surface area contributed by atoms with E-state index in [0.717, 1.165) is 11.1 Å². The van der Waals surface area contributed by atoms with Gasteiger partial charge in [0.15, 0.2) is 0 Å². The first-order valence-corrected chi connectivity index (χ1v) is 8.57. The van der Waals surface area contributed by atoms with Gasteiger partial charge in [-0.15, -0.1) is 0 Å². The average Bonchev–Trinajstić information content (AvgIpc) is 2.38. The summed E-state index contributed by atoms with van der Waals surface area (Å²) in [6.07, 6.45) is 0.589. The lowest BCUT2D eigenvalue weighted by Gasteiger charge is -2.15. The van der Waals surface area contributed by atoms with Crippen LogP contribution in [0.3, 0.4) is 0 Å². The normalized spacial score (nSPS) is 13.1. The van der Waals surface area contributed by atoms with Crippen molar-refractivity contribution in [3.05, 3.63) is 64.7 Å². The van der Waals surface area contributed by atoms with Crippen molar-refractivity contribution in [1.29, 1.82) is 0 Å². The average molecular weight is 324 g/mol. The molecule has 2 aromatic carbocycles. The lowest BCUT2D eigenvalue weighted by molar-refractivity contribution is 0.559. The van der Waals surface area contributed by atoms with Crippen molar-refractivity contribution in [2.75, 3.05) is 0 Å². The van der Waals surface area contributed by atoms with Crippen LogP contribution in [0.2, 0.25) is 5.02 Å². The van der Waals surface area contributed by atoms with E-state index in [1.807, 2.05) is 31.2 Å². The maximum atomic E-state index is 12.4. The lowest BCUT2D eigenvalue weighted by atomic mass is 10.1. The maximum absolute atomic E-state index is 12.4. The SMILES string of the molecule is Cc1ccccc1S(=O)(=O)NC(C)Cc1cccc(Cl)c1. The molecule has 0 fully saturated rings. The summed E-state index contributed by atoms with van der Waals surface area (Å²) >= 11 is 5.94. The van der Waals surface area contributed by atoms with E-state index < -0.39 is 10.0 Å². The van der Waals surface area contributed by atoms with E-state index in [-0.39, 0.29) is 6.04 Å². The summed E-state index contributed by atoms with van der Waals surface area (Å²) in [5.74, 6) is 0. The predicted molar refractivity (Wildman–Crippen MR) is 86.1 cm³/mol. The molecule has 0 saturated heterocycles. The fraction of sp³-hybridized carbons (Fsp3) is 0.250. The summed E-state index contributed by atoms with van der Waals surface area (Å²) in [5.41, 5.74) is 1.74. The Hall–Kier alpha value is -1.36. The molecule has 2 aromatic rings. The number of hydrogen-bond donors (Lipinski definition) is 1. The molecule has 21 heavy (non-hydrogen) atoms. The van der Waals surface area contributed by atoms with Crippen molar-refractivity contribution in [3.63, 3.8) is 0 Å². The minimum Gasteiger partial charge on any atom is -0.208 e. The van der Waals surface area contributed by atoms with Crippen molar-refractivity contribution < 1.29 is 8.42 Å². The zero-order chi connectivity index (χ0) is 15.5. The van der Waals surface area contributed by atoms with Gasteiger partial charge in [-0.1, -0.05) is 41.9 Å². The highest BCUT2D eigenvalue weighted by atomic mass is 35.5. The minimum absolute atomic E-state index is 0.215. The van der Waals surface area contributed by atoms with Crippen LogP contribution in [0.15, 0.2) is 53.4 Å². The third-order valence-electron chi connectivity index (χ3n) is 3.17. The smallest absolute Gasteiger partial charge is 0.208 e. The van der Waals surface area contributed by atoms with Crippen LogP contribution in [0.5, 0.6) is 0 Å². The maximum Gasteiger partial charge on any atom is 0.241 e. The molecule has 1 atom stereocenters. The van der Waals surface area contributed by atoms with Crippen molar-refractivity contribution in [2.45, 2.75) is 31.2 Å². The molecule has 0 aliphatic heterocycles. The zero-order valence-corrected chi connectivity index (χ0v) is 13.6. The van der Waals surface area contributed by atoms with Crippen molar-refractivity contribution in [2.24, 2.45) is 0 Å².